The van der Waals surface area contributed by atoms with Crippen molar-refractivity contribution in [3.05, 3.63) is 35.4 Å². The monoisotopic (exact) mass is 423 g/mol. The molecule has 0 bridgehead atoms. The molecule has 1 aliphatic rings. The van der Waals surface area contributed by atoms with Gasteiger partial charge in [-0.2, -0.15) is 0 Å². The molecule has 1 unspecified atom stereocenters. The van der Waals surface area contributed by atoms with Gasteiger partial charge in [0.25, 0.3) is 0 Å². The van der Waals surface area contributed by atoms with Crippen molar-refractivity contribution in [2.75, 3.05) is 13.6 Å². The Bertz CT molecular complexity index is 502. The van der Waals surface area contributed by atoms with E-state index in [-0.39, 0.29) is 29.9 Å². The first-order valence-electron chi connectivity index (χ1n) is 7.52. The molecule has 1 fully saturated rings. The van der Waals surface area contributed by atoms with Crippen molar-refractivity contribution in [1.29, 1.82) is 0 Å². The van der Waals surface area contributed by atoms with Gasteiger partial charge in [0.15, 0.2) is 17.6 Å². The van der Waals surface area contributed by atoms with E-state index in [0.717, 1.165) is 11.5 Å². The van der Waals surface area contributed by atoms with Gasteiger partial charge in [0.05, 0.1) is 0 Å². The van der Waals surface area contributed by atoms with E-state index < -0.39 is 11.6 Å². The lowest BCUT2D eigenvalue weighted by Gasteiger charge is -2.19. The summed E-state index contributed by atoms with van der Waals surface area (Å²) in [5, 5.41) is 6.65. The van der Waals surface area contributed by atoms with Crippen LogP contribution in [0.15, 0.2) is 23.2 Å². The van der Waals surface area contributed by atoms with Crippen molar-refractivity contribution in [3.8, 4) is 0 Å². The first-order chi connectivity index (χ1) is 10.1. The predicted molar refractivity (Wildman–Crippen MR) is 96.9 cm³/mol. The van der Waals surface area contributed by atoms with Crippen LogP contribution in [-0.2, 0) is 0 Å². The summed E-state index contributed by atoms with van der Waals surface area (Å²) in [6, 6.07) is 4.55. The molecule has 0 aromatic heterocycles. The molecule has 1 aliphatic carbocycles. The van der Waals surface area contributed by atoms with Gasteiger partial charge in [0, 0.05) is 19.6 Å². The quantitative estimate of drug-likeness (QED) is 0.439. The van der Waals surface area contributed by atoms with E-state index >= 15 is 0 Å². The van der Waals surface area contributed by atoms with E-state index in [1.165, 1.54) is 37.8 Å². The lowest BCUT2D eigenvalue weighted by atomic mass is 10.0. The number of rotatable bonds is 4. The number of nitrogens with one attached hydrogen (secondary N) is 2. The van der Waals surface area contributed by atoms with Crippen LogP contribution in [0.4, 0.5) is 8.78 Å². The zero-order valence-corrected chi connectivity index (χ0v) is 15.4. The van der Waals surface area contributed by atoms with Crippen LogP contribution in [0, 0.1) is 11.6 Å². The third-order valence-corrected chi connectivity index (χ3v) is 4.01. The first-order valence-corrected chi connectivity index (χ1v) is 7.52. The standard InChI is InChI=1S/C16H23F2N3.HI/c1-11(12-7-8-14(17)15(18)9-12)10-20-16(19-2)21-13-5-3-4-6-13;/h7-9,11,13H,3-6,10H2,1-2H3,(H2,19,20,21);1H. The number of halogens is 3. The second kappa shape index (κ2) is 9.27. The predicted octanol–water partition coefficient (Wildman–Crippen LogP) is 3.79. The van der Waals surface area contributed by atoms with Crippen molar-refractivity contribution in [2.45, 2.75) is 44.6 Å². The molecule has 0 radical (unpaired) electrons. The Morgan fingerprint density at radius 3 is 2.55 bits per heavy atom. The summed E-state index contributed by atoms with van der Waals surface area (Å²) in [6.07, 6.45) is 4.89. The van der Waals surface area contributed by atoms with Crippen LogP contribution in [0.1, 0.15) is 44.1 Å². The molecule has 1 saturated carbocycles. The van der Waals surface area contributed by atoms with Crippen LogP contribution in [0.2, 0.25) is 0 Å². The molecule has 0 amide bonds. The van der Waals surface area contributed by atoms with E-state index in [4.69, 9.17) is 0 Å². The molecule has 0 heterocycles. The zero-order chi connectivity index (χ0) is 15.2. The number of hydrogen-bond acceptors (Lipinski definition) is 1. The van der Waals surface area contributed by atoms with E-state index in [1.807, 2.05) is 6.92 Å². The largest absolute Gasteiger partial charge is 0.356 e. The zero-order valence-electron chi connectivity index (χ0n) is 13.0. The van der Waals surface area contributed by atoms with Gasteiger partial charge in [-0.05, 0) is 36.5 Å². The van der Waals surface area contributed by atoms with Crippen LogP contribution in [-0.4, -0.2) is 25.6 Å². The topological polar surface area (TPSA) is 36.4 Å². The Balaban J connectivity index is 0.00000242. The summed E-state index contributed by atoms with van der Waals surface area (Å²) in [5.41, 5.74) is 0.776. The molecule has 2 rings (SSSR count). The van der Waals surface area contributed by atoms with Gasteiger partial charge < -0.3 is 10.6 Å². The Morgan fingerprint density at radius 2 is 1.95 bits per heavy atom. The fourth-order valence-corrected chi connectivity index (χ4v) is 2.64. The van der Waals surface area contributed by atoms with Crippen molar-refractivity contribution in [1.82, 2.24) is 10.6 Å². The third kappa shape index (κ3) is 5.37. The third-order valence-electron chi connectivity index (χ3n) is 4.01. The molecule has 1 aromatic rings. The highest BCUT2D eigenvalue weighted by atomic mass is 127. The van der Waals surface area contributed by atoms with Crippen LogP contribution >= 0.6 is 24.0 Å². The molecule has 22 heavy (non-hydrogen) atoms. The number of aliphatic imine (C=N–C) groups is 1. The Labute approximate surface area is 148 Å². The number of nitrogens with zero attached hydrogens (tertiary/aromatic N) is 1. The molecule has 0 spiro atoms. The number of benzene rings is 1. The van der Waals surface area contributed by atoms with Gasteiger partial charge in [0.1, 0.15) is 0 Å². The Morgan fingerprint density at radius 1 is 1.27 bits per heavy atom. The van der Waals surface area contributed by atoms with Crippen LogP contribution < -0.4 is 10.6 Å². The van der Waals surface area contributed by atoms with Crippen LogP contribution in [0.3, 0.4) is 0 Å². The minimum Gasteiger partial charge on any atom is -0.356 e. The molecule has 124 valence electrons. The lowest BCUT2D eigenvalue weighted by molar-refractivity contribution is 0.505. The highest BCUT2D eigenvalue weighted by molar-refractivity contribution is 14.0. The fourth-order valence-electron chi connectivity index (χ4n) is 2.64. The van der Waals surface area contributed by atoms with Crippen molar-refractivity contribution in [3.63, 3.8) is 0 Å². The average molecular weight is 423 g/mol. The van der Waals surface area contributed by atoms with E-state index in [1.54, 1.807) is 13.1 Å². The highest BCUT2D eigenvalue weighted by Crippen LogP contribution is 2.18. The maximum Gasteiger partial charge on any atom is 0.191 e. The summed E-state index contributed by atoms with van der Waals surface area (Å²) in [5.74, 6) is -0.760. The number of hydrogen-bond donors (Lipinski definition) is 2. The van der Waals surface area contributed by atoms with E-state index in [2.05, 4.69) is 15.6 Å². The van der Waals surface area contributed by atoms with Gasteiger partial charge in [-0.15, -0.1) is 24.0 Å². The van der Waals surface area contributed by atoms with Crippen LogP contribution in [0.25, 0.3) is 0 Å². The molecule has 0 saturated heterocycles. The SMILES string of the molecule is CN=C(NCC(C)c1ccc(F)c(F)c1)NC1CCCC1.I. The molecule has 0 aliphatic heterocycles. The lowest BCUT2D eigenvalue weighted by Crippen LogP contribution is -2.43. The van der Waals surface area contributed by atoms with Crippen LogP contribution in [0.5, 0.6) is 0 Å². The molecular weight excluding hydrogens is 399 g/mol. The van der Waals surface area contributed by atoms with Gasteiger partial charge >= 0.3 is 0 Å². The smallest absolute Gasteiger partial charge is 0.191 e. The summed E-state index contributed by atoms with van der Waals surface area (Å²) >= 11 is 0. The van der Waals surface area contributed by atoms with Gasteiger partial charge in [-0.25, -0.2) is 8.78 Å². The van der Waals surface area contributed by atoms with Crippen molar-refractivity contribution >= 4 is 29.9 Å². The van der Waals surface area contributed by atoms with Crippen molar-refractivity contribution < 1.29 is 8.78 Å². The fraction of sp³-hybridized carbons (Fsp3) is 0.562. The Hall–Kier alpha value is -0.920. The van der Waals surface area contributed by atoms with Gasteiger partial charge in [-0.1, -0.05) is 25.8 Å². The molecule has 6 heteroatoms. The molecular formula is C16H24F2IN3. The highest BCUT2D eigenvalue weighted by Gasteiger charge is 2.16. The minimum absolute atomic E-state index is 0. The molecule has 1 aromatic carbocycles. The second-order valence-corrected chi connectivity index (χ2v) is 5.65. The van der Waals surface area contributed by atoms with Crippen molar-refractivity contribution in [2.24, 2.45) is 4.99 Å². The average Bonchev–Trinajstić information content (AvgIpc) is 2.99. The van der Waals surface area contributed by atoms with E-state index in [9.17, 15) is 8.78 Å². The maximum atomic E-state index is 13.2. The number of guanidine groups is 1. The molecule has 2 N–H and O–H groups in total. The maximum absolute atomic E-state index is 13.2. The summed E-state index contributed by atoms with van der Waals surface area (Å²) in [7, 11) is 1.74. The van der Waals surface area contributed by atoms with Gasteiger partial charge in [-0.3, -0.25) is 4.99 Å². The first kappa shape index (κ1) is 19.1. The van der Waals surface area contributed by atoms with Gasteiger partial charge in [0.2, 0.25) is 0 Å². The summed E-state index contributed by atoms with van der Waals surface area (Å²) < 4.78 is 26.2. The normalized spacial score (nSPS) is 17.0. The molecule has 1 atom stereocenters. The Kier molecular flexibility index (Phi) is 8.06. The molecule has 3 nitrogen and oxygen atoms in total. The minimum atomic E-state index is -0.808. The van der Waals surface area contributed by atoms with E-state index in [0.29, 0.717) is 12.6 Å². The summed E-state index contributed by atoms with van der Waals surface area (Å²) in [4.78, 5) is 4.21. The second-order valence-electron chi connectivity index (χ2n) is 5.65. The summed E-state index contributed by atoms with van der Waals surface area (Å²) in [6.45, 7) is 2.60.